The second-order valence-electron chi connectivity index (χ2n) is 7.58. The maximum atomic E-state index is 12.7. The first-order valence-corrected chi connectivity index (χ1v) is 9.92. The van der Waals surface area contributed by atoms with Crippen molar-refractivity contribution >= 4 is 17.3 Å². The summed E-state index contributed by atoms with van der Waals surface area (Å²) in [6.45, 7) is 7.09. The van der Waals surface area contributed by atoms with E-state index in [2.05, 4.69) is 54.3 Å². The van der Waals surface area contributed by atoms with Crippen LogP contribution in [0.1, 0.15) is 46.9 Å². The highest BCUT2D eigenvalue weighted by Gasteiger charge is 2.14. The van der Waals surface area contributed by atoms with E-state index in [0.29, 0.717) is 18.2 Å². The molecule has 3 aromatic rings. The SMILES string of the molecule is Cc1cccc(C(C)C)c1Nc1ccc(C(=O)N(C)CCc2ccncc2)nc1. The van der Waals surface area contributed by atoms with E-state index in [1.165, 1.54) is 11.1 Å². The highest BCUT2D eigenvalue weighted by atomic mass is 16.2. The molecule has 0 saturated carbocycles. The number of hydrogen-bond acceptors (Lipinski definition) is 4. The summed E-state index contributed by atoms with van der Waals surface area (Å²) < 4.78 is 0. The van der Waals surface area contributed by atoms with Crippen LogP contribution in [0.5, 0.6) is 0 Å². The van der Waals surface area contributed by atoms with Gasteiger partial charge < -0.3 is 10.2 Å². The molecule has 0 radical (unpaired) electrons. The van der Waals surface area contributed by atoms with Crippen molar-refractivity contribution in [2.75, 3.05) is 18.9 Å². The maximum Gasteiger partial charge on any atom is 0.272 e. The molecule has 2 heterocycles. The van der Waals surface area contributed by atoms with Crippen molar-refractivity contribution in [1.29, 1.82) is 0 Å². The minimum absolute atomic E-state index is 0.0793. The monoisotopic (exact) mass is 388 g/mol. The smallest absolute Gasteiger partial charge is 0.272 e. The average molecular weight is 389 g/mol. The molecule has 0 aliphatic rings. The van der Waals surface area contributed by atoms with Crippen molar-refractivity contribution in [3.8, 4) is 0 Å². The van der Waals surface area contributed by atoms with Gasteiger partial charge >= 0.3 is 0 Å². The highest BCUT2D eigenvalue weighted by molar-refractivity contribution is 5.92. The van der Waals surface area contributed by atoms with Gasteiger partial charge in [0.2, 0.25) is 0 Å². The number of anilines is 2. The van der Waals surface area contributed by atoms with Gasteiger partial charge in [0.15, 0.2) is 0 Å². The molecule has 0 atom stereocenters. The Kier molecular flexibility index (Phi) is 6.60. The summed E-state index contributed by atoms with van der Waals surface area (Å²) in [6.07, 6.45) is 6.04. The van der Waals surface area contributed by atoms with E-state index in [1.807, 2.05) is 18.2 Å². The third kappa shape index (κ3) is 5.19. The van der Waals surface area contributed by atoms with Crippen molar-refractivity contribution in [1.82, 2.24) is 14.9 Å². The zero-order valence-electron chi connectivity index (χ0n) is 17.5. The number of para-hydroxylation sites is 1. The average Bonchev–Trinajstić information content (AvgIpc) is 2.74. The predicted octanol–water partition coefficient (Wildman–Crippen LogP) is 4.97. The van der Waals surface area contributed by atoms with Crippen LogP contribution in [0.3, 0.4) is 0 Å². The van der Waals surface area contributed by atoms with Gasteiger partial charge in [-0.1, -0.05) is 32.0 Å². The van der Waals surface area contributed by atoms with Gasteiger partial charge in [-0.05, 0) is 60.2 Å². The summed E-state index contributed by atoms with van der Waals surface area (Å²) in [5.41, 5.74) is 6.04. The van der Waals surface area contributed by atoms with E-state index in [9.17, 15) is 4.79 Å². The summed E-state index contributed by atoms with van der Waals surface area (Å²) in [5.74, 6) is 0.338. The Hall–Kier alpha value is -3.21. The van der Waals surface area contributed by atoms with Gasteiger partial charge in [0.05, 0.1) is 11.9 Å². The fourth-order valence-electron chi connectivity index (χ4n) is 3.22. The molecule has 1 N–H and O–H groups in total. The lowest BCUT2D eigenvalue weighted by Gasteiger charge is -2.18. The molecule has 5 nitrogen and oxygen atoms in total. The fourth-order valence-corrected chi connectivity index (χ4v) is 3.22. The largest absolute Gasteiger partial charge is 0.354 e. The number of benzene rings is 1. The second kappa shape index (κ2) is 9.32. The van der Waals surface area contributed by atoms with Crippen LogP contribution >= 0.6 is 0 Å². The molecule has 0 unspecified atom stereocenters. The van der Waals surface area contributed by atoms with Gasteiger partial charge in [0, 0.05) is 31.7 Å². The zero-order chi connectivity index (χ0) is 20.8. The number of amides is 1. The predicted molar refractivity (Wildman–Crippen MR) is 118 cm³/mol. The number of pyridine rings is 2. The number of carbonyl (C=O) groups is 1. The van der Waals surface area contributed by atoms with Gasteiger partial charge in [0.1, 0.15) is 5.69 Å². The zero-order valence-corrected chi connectivity index (χ0v) is 17.5. The molecule has 0 aliphatic heterocycles. The Balaban J connectivity index is 1.66. The first kappa shape index (κ1) is 20.5. The van der Waals surface area contributed by atoms with E-state index in [4.69, 9.17) is 0 Å². The Bertz CT molecular complexity index is 952. The molecule has 150 valence electrons. The van der Waals surface area contributed by atoms with E-state index in [0.717, 1.165) is 23.4 Å². The van der Waals surface area contributed by atoms with Crippen molar-refractivity contribution in [2.45, 2.75) is 33.1 Å². The molecule has 0 saturated heterocycles. The van der Waals surface area contributed by atoms with Gasteiger partial charge in [-0.2, -0.15) is 0 Å². The molecular formula is C24H28N4O. The molecule has 3 rings (SSSR count). The van der Waals surface area contributed by atoms with Gasteiger partial charge in [-0.25, -0.2) is 4.98 Å². The number of nitrogens with zero attached hydrogens (tertiary/aromatic N) is 3. The lowest BCUT2D eigenvalue weighted by Crippen LogP contribution is -2.29. The molecular weight excluding hydrogens is 360 g/mol. The molecule has 5 heteroatoms. The molecule has 0 aliphatic carbocycles. The number of hydrogen-bond donors (Lipinski definition) is 1. The minimum atomic E-state index is -0.0793. The van der Waals surface area contributed by atoms with Crippen molar-refractivity contribution in [3.63, 3.8) is 0 Å². The molecule has 1 amide bonds. The van der Waals surface area contributed by atoms with E-state index >= 15 is 0 Å². The molecule has 29 heavy (non-hydrogen) atoms. The molecule has 0 bridgehead atoms. The Morgan fingerprint density at radius 2 is 1.86 bits per heavy atom. The van der Waals surface area contributed by atoms with Gasteiger partial charge in [-0.3, -0.25) is 9.78 Å². The number of aromatic nitrogens is 2. The van der Waals surface area contributed by atoms with Crippen LogP contribution in [0.2, 0.25) is 0 Å². The Morgan fingerprint density at radius 3 is 2.52 bits per heavy atom. The van der Waals surface area contributed by atoms with E-state index < -0.39 is 0 Å². The van der Waals surface area contributed by atoms with Crippen molar-refractivity contribution < 1.29 is 4.79 Å². The van der Waals surface area contributed by atoms with Gasteiger partial charge in [0.25, 0.3) is 5.91 Å². The maximum absolute atomic E-state index is 12.7. The van der Waals surface area contributed by atoms with Crippen LogP contribution in [-0.2, 0) is 6.42 Å². The van der Waals surface area contributed by atoms with Gasteiger partial charge in [-0.15, -0.1) is 0 Å². The Labute approximate surface area is 172 Å². The molecule has 2 aromatic heterocycles. The lowest BCUT2D eigenvalue weighted by atomic mass is 9.98. The minimum Gasteiger partial charge on any atom is -0.354 e. The number of likely N-dealkylation sites (N-methyl/N-ethyl adjacent to an activating group) is 1. The highest BCUT2D eigenvalue weighted by Crippen LogP contribution is 2.30. The van der Waals surface area contributed by atoms with Crippen LogP contribution in [0, 0.1) is 6.92 Å². The summed E-state index contributed by atoms with van der Waals surface area (Å²) in [6, 6.07) is 13.9. The number of carbonyl (C=O) groups excluding carboxylic acids is 1. The number of rotatable bonds is 7. The van der Waals surface area contributed by atoms with E-state index in [-0.39, 0.29) is 5.91 Å². The van der Waals surface area contributed by atoms with Crippen LogP contribution in [0.4, 0.5) is 11.4 Å². The van der Waals surface area contributed by atoms with Crippen LogP contribution in [0.15, 0.2) is 61.1 Å². The van der Waals surface area contributed by atoms with E-state index in [1.54, 1.807) is 36.6 Å². The standard InChI is InChI=1S/C24H28N4O/c1-17(2)21-7-5-6-18(3)23(21)27-20-8-9-22(26-16-20)24(29)28(4)15-12-19-10-13-25-14-11-19/h5-11,13-14,16-17,27H,12,15H2,1-4H3. The summed E-state index contributed by atoms with van der Waals surface area (Å²) in [4.78, 5) is 22.8. The number of aryl methyl sites for hydroxylation is 1. The summed E-state index contributed by atoms with van der Waals surface area (Å²) in [5, 5.41) is 3.47. The number of nitrogens with one attached hydrogen (secondary N) is 1. The van der Waals surface area contributed by atoms with Crippen LogP contribution in [-0.4, -0.2) is 34.4 Å². The molecule has 0 spiro atoms. The fraction of sp³-hybridized carbons (Fsp3) is 0.292. The molecule has 1 aromatic carbocycles. The molecule has 0 fully saturated rings. The topological polar surface area (TPSA) is 58.1 Å². The first-order chi connectivity index (χ1) is 14.0. The quantitative estimate of drug-likeness (QED) is 0.621. The second-order valence-corrected chi connectivity index (χ2v) is 7.58. The van der Waals surface area contributed by atoms with Crippen LogP contribution in [0.25, 0.3) is 0 Å². The third-order valence-electron chi connectivity index (χ3n) is 5.01. The normalized spacial score (nSPS) is 10.8. The third-order valence-corrected chi connectivity index (χ3v) is 5.01. The van der Waals surface area contributed by atoms with Crippen molar-refractivity contribution in [2.24, 2.45) is 0 Å². The summed E-state index contributed by atoms with van der Waals surface area (Å²) >= 11 is 0. The Morgan fingerprint density at radius 1 is 1.10 bits per heavy atom. The summed E-state index contributed by atoms with van der Waals surface area (Å²) in [7, 11) is 1.81. The first-order valence-electron chi connectivity index (χ1n) is 9.92. The van der Waals surface area contributed by atoms with Crippen LogP contribution < -0.4 is 5.32 Å². The van der Waals surface area contributed by atoms with Crippen molar-refractivity contribution in [3.05, 3.63) is 83.4 Å². The lowest BCUT2D eigenvalue weighted by molar-refractivity contribution is 0.0791.